The van der Waals surface area contributed by atoms with Gasteiger partial charge in [-0.1, -0.05) is 0 Å². The third-order valence-corrected chi connectivity index (χ3v) is 3.46. The number of amides is 1. The number of hydrogen-bond acceptors (Lipinski definition) is 6. The number of carbonyl (C=O) groups excluding carboxylic acids is 1. The van der Waals surface area contributed by atoms with Gasteiger partial charge >= 0.3 is 0 Å². The predicted octanol–water partition coefficient (Wildman–Crippen LogP) is -0.398. The lowest BCUT2D eigenvalue weighted by Crippen LogP contribution is -2.54. The van der Waals surface area contributed by atoms with E-state index in [9.17, 15) is 4.79 Å². The molecule has 1 aliphatic heterocycles. The molecule has 8 heteroatoms. The molecular weight excluding hydrogens is 246 g/mol. The van der Waals surface area contributed by atoms with Crippen molar-refractivity contribution < 1.29 is 4.79 Å². The van der Waals surface area contributed by atoms with Gasteiger partial charge in [0.2, 0.25) is 11.9 Å². The molecule has 1 fully saturated rings. The summed E-state index contributed by atoms with van der Waals surface area (Å²) in [4.78, 5) is 24.1. The van der Waals surface area contributed by atoms with E-state index >= 15 is 0 Å². The van der Waals surface area contributed by atoms with Gasteiger partial charge in [0.15, 0.2) is 5.65 Å². The van der Waals surface area contributed by atoms with Crippen LogP contribution >= 0.6 is 0 Å². The van der Waals surface area contributed by atoms with E-state index < -0.39 is 0 Å². The molecule has 0 aromatic carbocycles. The van der Waals surface area contributed by atoms with Crippen molar-refractivity contribution in [1.29, 1.82) is 0 Å². The molecule has 2 aromatic rings. The molecule has 0 aliphatic carbocycles. The summed E-state index contributed by atoms with van der Waals surface area (Å²) in [6, 6.07) is -0.272. The van der Waals surface area contributed by atoms with Gasteiger partial charge in [-0.3, -0.25) is 9.89 Å². The molecule has 100 valence electrons. The van der Waals surface area contributed by atoms with E-state index in [-0.39, 0.29) is 17.9 Å². The van der Waals surface area contributed by atoms with Gasteiger partial charge in [0.25, 0.3) is 0 Å². The average Bonchev–Trinajstić information content (AvgIpc) is 2.83. The van der Waals surface area contributed by atoms with E-state index in [4.69, 9.17) is 5.73 Å². The topological polar surface area (TPSA) is 104 Å². The first-order valence-electron chi connectivity index (χ1n) is 6.06. The number of H-pyrrole nitrogens is 1. The molecule has 1 aliphatic rings. The highest BCUT2D eigenvalue weighted by atomic mass is 16.2. The maximum absolute atomic E-state index is 12.1. The molecule has 0 saturated carbocycles. The van der Waals surface area contributed by atoms with Crippen LogP contribution in [0.3, 0.4) is 0 Å². The van der Waals surface area contributed by atoms with Crippen molar-refractivity contribution in [3.8, 4) is 0 Å². The number of anilines is 2. The first kappa shape index (κ1) is 11.7. The molecule has 1 atom stereocenters. The second-order valence-corrected chi connectivity index (χ2v) is 4.67. The average molecular weight is 261 g/mol. The Bertz CT molecular complexity index is 637. The molecule has 0 bridgehead atoms. The molecule has 1 amide bonds. The van der Waals surface area contributed by atoms with Crippen molar-refractivity contribution in [1.82, 2.24) is 25.1 Å². The van der Waals surface area contributed by atoms with Gasteiger partial charge in [-0.15, -0.1) is 0 Å². The van der Waals surface area contributed by atoms with Gasteiger partial charge in [-0.25, -0.2) is 0 Å². The Kier molecular flexibility index (Phi) is 2.51. The van der Waals surface area contributed by atoms with Crippen molar-refractivity contribution in [2.24, 2.45) is 0 Å². The minimum Gasteiger partial charge on any atom is -0.368 e. The van der Waals surface area contributed by atoms with Gasteiger partial charge in [0.1, 0.15) is 11.9 Å². The van der Waals surface area contributed by atoms with Crippen LogP contribution in [0.25, 0.3) is 11.0 Å². The van der Waals surface area contributed by atoms with Crippen LogP contribution in [-0.4, -0.2) is 57.2 Å². The summed E-state index contributed by atoms with van der Waals surface area (Å²) in [5.41, 5.74) is 6.29. The number of carbonyl (C=O) groups is 1. The highest BCUT2D eigenvalue weighted by Gasteiger charge is 2.31. The number of nitrogens with one attached hydrogen (secondary N) is 1. The summed E-state index contributed by atoms with van der Waals surface area (Å²) >= 11 is 0. The SMILES string of the molecule is CC1C(=O)N(C)CCN1c1nc(N)nc2[nH]ncc12. The predicted molar refractivity (Wildman–Crippen MR) is 70.5 cm³/mol. The van der Waals surface area contributed by atoms with E-state index in [1.54, 1.807) is 18.1 Å². The molecule has 2 aromatic heterocycles. The normalized spacial score (nSPS) is 20.3. The van der Waals surface area contributed by atoms with Gasteiger partial charge in [0, 0.05) is 20.1 Å². The number of nitrogens with two attached hydrogens (primary N) is 1. The van der Waals surface area contributed by atoms with Gasteiger partial charge < -0.3 is 15.5 Å². The van der Waals surface area contributed by atoms with Crippen LogP contribution in [0.15, 0.2) is 6.20 Å². The molecule has 0 spiro atoms. The van der Waals surface area contributed by atoms with E-state index in [2.05, 4.69) is 20.2 Å². The molecule has 3 N–H and O–H groups in total. The maximum atomic E-state index is 12.1. The fraction of sp³-hybridized carbons (Fsp3) is 0.455. The second-order valence-electron chi connectivity index (χ2n) is 4.67. The van der Waals surface area contributed by atoms with Gasteiger partial charge in [-0.05, 0) is 6.92 Å². The zero-order chi connectivity index (χ0) is 13.6. The number of aromatic nitrogens is 4. The third kappa shape index (κ3) is 1.76. The smallest absolute Gasteiger partial charge is 0.244 e. The van der Waals surface area contributed by atoms with Crippen LogP contribution in [-0.2, 0) is 4.79 Å². The van der Waals surface area contributed by atoms with Crippen molar-refractivity contribution in [2.45, 2.75) is 13.0 Å². The number of fused-ring (bicyclic) bond motifs is 1. The van der Waals surface area contributed by atoms with Crippen LogP contribution in [0.4, 0.5) is 11.8 Å². The maximum Gasteiger partial charge on any atom is 0.244 e. The number of likely N-dealkylation sites (N-methyl/N-ethyl adjacent to an activating group) is 1. The quantitative estimate of drug-likeness (QED) is 0.724. The van der Waals surface area contributed by atoms with Crippen molar-refractivity contribution in [2.75, 3.05) is 30.8 Å². The summed E-state index contributed by atoms with van der Waals surface area (Å²) in [7, 11) is 1.80. The number of nitrogens with zero attached hydrogens (tertiary/aromatic N) is 5. The lowest BCUT2D eigenvalue weighted by molar-refractivity contribution is -0.132. The summed E-state index contributed by atoms with van der Waals surface area (Å²) in [6.07, 6.45) is 1.65. The standard InChI is InChI=1S/C11H15N7O/c1-6-10(19)17(2)3-4-18(6)9-7-5-13-16-8(7)14-11(12)15-9/h5-6H,3-4H2,1-2H3,(H3,12,13,14,15,16). The summed E-state index contributed by atoms with van der Waals surface area (Å²) in [5, 5.41) is 7.50. The number of nitrogen functional groups attached to an aromatic ring is 1. The largest absolute Gasteiger partial charge is 0.368 e. The second kappa shape index (κ2) is 4.08. The highest BCUT2D eigenvalue weighted by molar-refractivity contribution is 5.92. The molecule has 8 nitrogen and oxygen atoms in total. The van der Waals surface area contributed by atoms with Gasteiger partial charge in [0.05, 0.1) is 11.6 Å². The van der Waals surface area contributed by atoms with Crippen molar-refractivity contribution in [3.05, 3.63) is 6.20 Å². The Morgan fingerprint density at radius 1 is 1.42 bits per heavy atom. The Hall–Kier alpha value is -2.38. The Labute approximate surface area is 109 Å². The highest BCUT2D eigenvalue weighted by Crippen LogP contribution is 2.26. The Morgan fingerprint density at radius 2 is 2.21 bits per heavy atom. The zero-order valence-electron chi connectivity index (χ0n) is 10.8. The molecule has 0 radical (unpaired) electrons. The summed E-state index contributed by atoms with van der Waals surface area (Å²) in [5.74, 6) is 0.899. The molecular formula is C11H15N7O. The molecule has 3 heterocycles. The lowest BCUT2D eigenvalue weighted by Gasteiger charge is -2.38. The van der Waals surface area contributed by atoms with Crippen LogP contribution in [0.5, 0.6) is 0 Å². The first-order valence-corrected chi connectivity index (χ1v) is 6.06. The number of hydrogen-bond donors (Lipinski definition) is 2. The van der Waals surface area contributed by atoms with Crippen molar-refractivity contribution in [3.63, 3.8) is 0 Å². The van der Waals surface area contributed by atoms with Crippen LogP contribution < -0.4 is 10.6 Å². The minimum absolute atomic E-state index is 0.0695. The van der Waals surface area contributed by atoms with E-state index in [1.165, 1.54) is 0 Å². The van der Waals surface area contributed by atoms with Crippen molar-refractivity contribution >= 4 is 28.7 Å². The van der Waals surface area contributed by atoms with Crippen LogP contribution in [0.2, 0.25) is 0 Å². The molecule has 1 unspecified atom stereocenters. The Morgan fingerprint density at radius 3 is 3.00 bits per heavy atom. The number of rotatable bonds is 1. The fourth-order valence-corrected chi connectivity index (χ4v) is 2.36. The minimum atomic E-state index is -0.272. The van der Waals surface area contributed by atoms with Crippen LogP contribution in [0.1, 0.15) is 6.92 Å². The third-order valence-electron chi connectivity index (χ3n) is 3.46. The summed E-state index contributed by atoms with van der Waals surface area (Å²) < 4.78 is 0. The first-order chi connectivity index (χ1) is 9.08. The molecule has 19 heavy (non-hydrogen) atoms. The Balaban J connectivity index is 2.09. The molecule has 3 rings (SSSR count). The van der Waals surface area contributed by atoms with E-state index in [0.29, 0.717) is 24.6 Å². The number of piperazine rings is 1. The summed E-state index contributed by atoms with van der Waals surface area (Å²) in [6.45, 7) is 3.23. The number of aromatic amines is 1. The molecule has 1 saturated heterocycles. The zero-order valence-corrected chi connectivity index (χ0v) is 10.8. The van der Waals surface area contributed by atoms with E-state index in [0.717, 1.165) is 5.39 Å². The monoisotopic (exact) mass is 261 g/mol. The lowest BCUT2D eigenvalue weighted by atomic mass is 10.1. The van der Waals surface area contributed by atoms with E-state index in [1.807, 2.05) is 11.8 Å². The fourth-order valence-electron chi connectivity index (χ4n) is 2.36. The van der Waals surface area contributed by atoms with Crippen LogP contribution in [0, 0.1) is 0 Å². The van der Waals surface area contributed by atoms with Gasteiger partial charge in [-0.2, -0.15) is 15.1 Å².